The van der Waals surface area contributed by atoms with Gasteiger partial charge >= 0.3 is 5.97 Å². The van der Waals surface area contributed by atoms with Crippen molar-refractivity contribution in [3.63, 3.8) is 0 Å². The number of carbonyl (C=O) groups excluding carboxylic acids is 2. The molecule has 0 aliphatic heterocycles. The van der Waals surface area contributed by atoms with Gasteiger partial charge in [0.15, 0.2) is 17.4 Å². The molecule has 0 radical (unpaired) electrons. The van der Waals surface area contributed by atoms with Gasteiger partial charge in [-0.25, -0.2) is 13.6 Å². The third kappa shape index (κ3) is 4.70. The van der Waals surface area contributed by atoms with Crippen molar-refractivity contribution in [1.82, 2.24) is 0 Å². The van der Waals surface area contributed by atoms with Crippen LogP contribution < -0.4 is 0 Å². The number of halogens is 2. The maximum atomic E-state index is 13.6. The molecule has 0 saturated heterocycles. The summed E-state index contributed by atoms with van der Waals surface area (Å²) in [6, 6.07) is 3.50. The standard InChI is InChI=1S/C23H26F2O4/c1-14(10-21(27)29-5)8-9-23(28)15(2)17(20(26)13-22(23,3)4)11-16-6-7-18(24)19(25)12-16/h6-10,12,28H,11,13H2,1-5H3/t23-/m1/s1. The van der Waals surface area contributed by atoms with Gasteiger partial charge in [-0.15, -0.1) is 0 Å². The van der Waals surface area contributed by atoms with E-state index in [1.807, 2.05) is 0 Å². The lowest BCUT2D eigenvalue weighted by atomic mass is 9.62. The quantitative estimate of drug-likeness (QED) is 0.453. The zero-order valence-electron chi connectivity index (χ0n) is 17.3. The second-order valence-corrected chi connectivity index (χ2v) is 8.02. The molecule has 0 unspecified atom stereocenters. The summed E-state index contributed by atoms with van der Waals surface area (Å²) in [5.74, 6) is -2.59. The molecule has 1 aliphatic rings. The highest BCUT2D eigenvalue weighted by Crippen LogP contribution is 2.47. The Balaban J connectivity index is 2.48. The predicted molar refractivity (Wildman–Crippen MR) is 106 cm³/mol. The summed E-state index contributed by atoms with van der Waals surface area (Å²) in [4.78, 5) is 24.1. The number of hydrogen-bond donors (Lipinski definition) is 1. The molecule has 0 heterocycles. The van der Waals surface area contributed by atoms with E-state index in [0.717, 1.165) is 12.1 Å². The lowest BCUT2D eigenvalue weighted by Crippen LogP contribution is -2.49. The number of methoxy groups -OCH3 is 1. The molecule has 4 nitrogen and oxygen atoms in total. The van der Waals surface area contributed by atoms with E-state index in [4.69, 9.17) is 0 Å². The Hall–Kier alpha value is -2.60. The largest absolute Gasteiger partial charge is 0.466 e. The topological polar surface area (TPSA) is 63.6 Å². The minimum atomic E-state index is -1.46. The van der Waals surface area contributed by atoms with Crippen LogP contribution in [0.15, 0.2) is 53.1 Å². The number of allylic oxidation sites excluding steroid dienone is 3. The first-order valence-electron chi connectivity index (χ1n) is 9.26. The SMILES string of the molecule is COC(=O)C=C(C)C=C[C@@]1(O)C(C)=C(Cc2ccc(F)c(F)c2)C(=O)CC1(C)C. The van der Waals surface area contributed by atoms with Crippen molar-refractivity contribution in [2.45, 2.75) is 46.1 Å². The molecule has 0 spiro atoms. The number of esters is 1. The summed E-state index contributed by atoms with van der Waals surface area (Å²) < 4.78 is 31.4. The van der Waals surface area contributed by atoms with E-state index >= 15 is 0 Å². The van der Waals surface area contributed by atoms with Crippen molar-refractivity contribution in [2.24, 2.45) is 5.41 Å². The van der Waals surface area contributed by atoms with E-state index in [2.05, 4.69) is 4.74 Å². The molecular weight excluding hydrogens is 378 g/mol. The van der Waals surface area contributed by atoms with Crippen molar-refractivity contribution in [3.05, 3.63) is 70.3 Å². The highest BCUT2D eigenvalue weighted by atomic mass is 19.2. The van der Waals surface area contributed by atoms with Gasteiger partial charge in [0.05, 0.1) is 7.11 Å². The minimum Gasteiger partial charge on any atom is -0.466 e. The van der Waals surface area contributed by atoms with Crippen LogP contribution in [0.25, 0.3) is 0 Å². The maximum absolute atomic E-state index is 13.6. The van der Waals surface area contributed by atoms with Crippen molar-refractivity contribution in [1.29, 1.82) is 0 Å². The lowest BCUT2D eigenvalue weighted by Gasteiger charge is -2.46. The van der Waals surface area contributed by atoms with Gasteiger partial charge in [-0.2, -0.15) is 0 Å². The fourth-order valence-corrected chi connectivity index (χ4v) is 3.57. The van der Waals surface area contributed by atoms with Gasteiger partial charge in [0.25, 0.3) is 0 Å². The average Bonchev–Trinajstić information content (AvgIpc) is 2.64. The zero-order valence-corrected chi connectivity index (χ0v) is 17.3. The lowest BCUT2D eigenvalue weighted by molar-refractivity contribution is -0.134. The van der Waals surface area contributed by atoms with Crippen LogP contribution in [0.3, 0.4) is 0 Å². The van der Waals surface area contributed by atoms with Gasteiger partial charge < -0.3 is 9.84 Å². The molecule has 0 aromatic heterocycles. The van der Waals surface area contributed by atoms with Crippen molar-refractivity contribution in [2.75, 3.05) is 7.11 Å². The normalized spacial score (nSPS) is 22.3. The third-order valence-electron chi connectivity index (χ3n) is 5.49. The van der Waals surface area contributed by atoms with Gasteiger partial charge in [0.2, 0.25) is 0 Å². The summed E-state index contributed by atoms with van der Waals surface area (Å²) in [6.07, 6.45) is 4.64. The Morgan fingerprint density at radius 2 is 1.93 bits per heavy atom. The smallest absolute Gasteiger partial charge is 0.330 e. The third-order valence-corrected chi connectivity index (χ3v) is 5.49. The first-order chi connectivity index (χ1) is 13.4. The van der Waals surface area contributed by atoms with Crippen molar-refractivity contribution >= 4 is 11.8 Å². The summed E-state index contributed by atoms with van der Waals surface area (Å²) in [5.41, 5.74) is -0.414. The summed E-state index contributed by atoms with van der Waals surface area (Å²) in [6.45, 7) is 6.93. The molecule has 0 bridgehead atoms. The molecule has 0 saturated carbocycles. The van der Waals surface area contributed by atoms with Gasteiger partial charge in [-0.3, -0.25) is 4.79 Å². The van der Waals surface area contributed by atoms with Crippen LogP contribution >= 0.6 is 0 Å². The number of hydrogen-bond acceptors (Lipinski definition) is 4. The summed E-state index contributed by atoms with van der Waals surface area (Å²) in [5, 5.41) is 11.5. The van der Waals surface area contributed by atoms with Crippen LogP contribution in [0, 0.1) is 17.0 Å². The molecular formula is C23H26F2O4. The average molecular weight is 404 g/mol. The maximum Gasteiger partial charge on any atom is 0.330 e. The Labute approximate surface area is 169 Å². The van der Waals surface area contributed by atoms with Crippen LogP contribution in [-0.4, -0.2) is 29.6 Å². The number of Topliss-reactive ketones (excluding diaryl/α,β-unsaturated/α-hetero) is 1. The van der Waals surface area contributed by atoms with Crippen LogP contribution in [0.2, 0.25) is 0 Å². The summed E-state index contributed by atoms with van der Waals surface area (Å²) in [7, 11) is 1.27. The van der Waals surface area contributed by atoms with Crippen LogP contribution in [0.5, 0.6) is 0 Å². The number of rotatable bonds is 5. The minimum absolute atomic E-state index is 0.0873. The summed E-state index contributed by atoms with van der Waals surface area (Å²) >= 11 is 0. The van der Waals surface area contributed by atoms with E-state index in [1.54, 1.807) is 39.8 Å². The highest BCUT2D eigenvalue weighted by Gasteiger charge is 2.49. The molecule has 0 amide bonds. The Bertz CT molecular complexity index is 925. The van der Waals surface area contributed by atoms with Crippen molar-refractivity contribution in [3.8, 4) is 0 Å². The fourth-order valence-electron chi connectivity index (χ4n) is 3.57. The first-order valence-corrected chi connectivity index (χ1v) is 9.26. The Kier molecular flexibility index (Phi) is 6.58. The van der Waals surface area contributed by atoms with E-state index in [1.165, 1.54) is 19.3 Å². The molecule has 1 atom stereocenters. The van der Waals surface area contributed by atoms with Crippen molar-refractivity contribution < 1.29 is 28.2 Å². The van der Waals surface area contributed by atoms with E-state index in [-0.39, 0.29) is 18.6 Å². The number of aliphatic hydroxyl groups is 1. The van der Waals surface area contributed by atoms with Gasteiger partial charge in [0.1, 0.15) is 5.60 Å². The fraction of sp³-hybridized carbons (Fsp3) is 0.391. The molecule has 156 valence electrons. The zero-order chi connectivity index (χ0) is 22.0. The Morgan fingerprint density at radius 3 is 2.52 bits per heavy atom. The monoisotopic (exact) mass is 404 g/mol. The molecule has 1 aromatic carbocycles. The van der Waals surface area contributed by atoms with Gasteiger partial charge in [0, 0.05) is 29.9 Å². The van der Waals surface area contributed by atoms with E-state index in [0.29, 0.717) is 22.3 Å². The Morgan fingerprint density at radius 1 is 1.28 bits per heavy atom. The molecule has 2 rings (SSSR count). The molecule has 1 aromatic rings. The molecule has 0 fully saturated rings. The number of ether oxygens (including phenoxy) is 1. The first kappa shape index (κ1) is 22.7. The van der Waals surface area contributed by atoms with E-state index in [9.17, 15) is 23.5 Å². The second-order valence-electron chi connectivity index (χ2n) is 8.02. The predicted octanol–water partition coefficient (Wildman–Crippen LogP) is 4.23. The van der Waals surface area contributed by atoms with Gasteiger partial charge in [-0.1, -0.05) is 26.0 Å². The second kappa shape index (κ2) is 8.41. The number of ketones is 1. The molecule has 6 heteroatoms. The van der Waals surface area contributed by atoms with Gasteiger partial charge in [-0.05, 0) is 48.8 Å². The van der Waals surface area contributed by atoms with E-state index < -0.39 is 28.6 Å². The molecule has 29 heavy (non-hydrogen) atoms. The molecule has 1 N–H and O–H groups in total. The molecule has 1 aliphatic carbocycles. The number of carbonyl (C=O) groups is 2. The highest BCUT2D eigenvalue weighted by molar-refractivity contribution is 5.98. The van der Waals surface area contributed by atoms with Crippen LogP contribution in [-0.2, 0) is 20.7 Å². The van der Waals surface area contributed by atoms with Crippen LogP contribution in [0.4, 0.5) is 8.78 Å². The number of benzene rings is 1. The van der Waals surface area contributed by atoms with Crippen LogP contribution in [0.1, 0.15) is 39.7 Å².